The van der Waals surface area contributed by atoms with Gasteiger partial charge in [0.15, 0.2) is 0 Å². The van der Waals surface area contributed by atoms with E-state index in [4.69, 9.17) is 0 Å². The van der Waals surface area contributed by atoms with Crippen molar-refractivity contribution in [3.8, 4) is 0 Å². The molecular weight excluding hydrogens is 384 g/mol. The molecule has 2 bridgehead atoms. The Morgan fingerprint density at radius 2 is 1.76 bits per heavy atom. The third-order valence-electron chi connectivity index (χ3n) is 6.61. The number of sulfonamides is 1. The number of carbonyl (C=O) groups is 1. The normalized spacial score (nSPS) is 24.3. The van der Waals surface area contributed by atoms with Crippen LogP contribution in [0.2, 0.25) is 0 Å². The topological polar surface area (TPSA) is 75.3 Å². The molecular formula is C23H28N2O3S. The lowest BCUT2D eigenvalue weighted by Gasteiger charge is -2.28. The molecule has 0 radical (unpaired) electrons. The number of hydrogen-bond acceptors (Lipinski definition) is 3. The van der Waals surface area contributed by atoms with Crippen LogP contribution in [0.5, 0.6) is 0 Å². The van der Waals surface area contributed by atoms with Crippen LogP contribution in [-0.4, -0.2) is 20.4 Å². The number of para-hydroxylation sites is 1. The lowest BCUT2D eigenvalue weighted by Crippen LogP contribution is -2.40. The summed E-state index contributed by atoms with van der Waals surface area (Å²) in [6.45, 7) is 3.94. The highest BCUT2D eigenvalue weighted by molar-refractivity contribution is 7.92. The largest absolute Gasteiger partial charge is 0.349 e. The van der Waals surface area contributed by atoms with Crippen LogP contribution in [0.25, 0.3) is 0 Å². The van der Waals surface area contributed by atoms with Gasteiger partial charge in [-0.3, -0.25) is 9.52 Å². The van der Waals surface area contributed by atoms with Crippen molar-refractivity contribution in [2.24, 2.45) is 17.8 Å². The molecule has 4 rings (SSSR count). The molecule has 29 heavy (non-hydrogen) atoms. The average Bonchev–Trinajstić information content (AvgIpc) is 3.33. The van der Waals surface area contributed by atoms with E-state index in [-0.39, 0.29) is 16.8 Å². The van der Waals surface area contributed by atoms with Crippen molar-refractivity contribution in [2.75, 3.05) is 4.72 Å². The van der Waals surface area contributed by atoms with Crippen molar-refractivity contribution in [3.63, 3.8) is 0 Å². The van der Waals surface area contributed by atoms with Gasteiger partial charge in [-0.1, -0.05) is 24.6 Å². The zero-order valence-corrected chi connectivity index (χ0v) is 17.7. The number of fused-ring (bicyclic) bond motifs is 2. The number of hydrogen-bond donors (Lipinski definition) is 2. The number of aryl methyl sites for hydroxylation is 1. The molecule has 2 aliphatic rings. The van der Waals surface area contributed by atoms with Gasteiger partial charge < -0.3 is 5.32 Å². The summed E-state index contributed by atoms with van der Waals surface area (Å²) in [5.74, 6) is 2.01. The van der Waals surface area contributed by atoms with Gasteiger partial charge in [-0.25, -0.2) is 8.42 Å². The molecule has 2 N–H and O–H groups in total. The summed E-state index contributed by atoms with van der Waals surface area (Å²) in [5.41, 5.74) is 1.88. The van der Waals surface area contributed by atoms with Gasteiger partial charge in [-0.15, -0.1) is 0 Å². The molecule has 0 aromatic heterocycles. The van der Waals surface area contributed by atoms with Crippen molar-refractivity contribution in [1.82, 2.24) is 5.32 Å². The molecule has 6 heteroatoms. The molecule has 2 aliphatic carbocycles. The van der Waals surface area contributed by atoms with Crippen LogP contribution in [-0.2, 0) is 10.0 Å². The smallest absolute Gasteiger partial charge is 0.261 e. The quantitative estimate of drug-likeness (QED) is 0.741. The molecule has 4 unspecified atom stereocenters. The number of carbonyl (C=O) groups excluding carboxylic acids is 1. The molecule has 0 heterocycles. The van der Waals surface area contributed by atoms with Crippen molar-refractivity contribution in [1.29, 1.82) is 0 Å². The van der Waals surface area contributed by atoms with E-state index < -0.39 is 10.0 Å². The molecule has 0 spiro atoms. The summed E-state index contributed by atoms with van der Waals surface area (Å²) in [4.78, 5) is 12.8. The van der Waals surface area contributed by atoms with E-state index in [0.717, 1.165) is 17.4 Å². The Kier molecular flexibility index (Phi) is 5.38. The van der Waals surface area contributed by atoms with Crippen molar-refractivity contribution >= 4 is 21.6 Å². The highest BCUT2D eigenvalue weighted by atomic mass is 32.2. The first-order valence-corrected chi connectivity index (χ1v) is 11.8. The Morgan fingerprint density at radius 3 is 2.38 bits per heavy atom. The van der Waals surface area contributed by atoms with Gasteiger partial charge in [-0.2, -0.15) is 0 Å². The van der Waals surface area contributed by atoms with Gasteiger partial charge in [0.1, 0.15) is 0 Å². The molecule has 0 aliphatic heterocycles. The Hall–Kier alpha value is -2.34. The standard InChI is InChI=1S/C23H28N2O3S/c1-15-5-3-4-6-22(15)25-29(27,28)20-11-9-18(10-12-20)23(26)24-16(2)21-14-17-7-8-19(21)13-17/h3-6,9-12,16-17,19,21,25H,7-8,13-14H2,1-2H3,(H,24,26). The fourth-order valence-electron chi connectivity index (χ4n) is 4.98. The first-order valence-electron chi connectivity index (χ1n) is 10.3. The molecule has 0 saturated heterocycles. The van der Waals surface area contributed by atoms with Crippen LogP contribution in [0, 0.1) is 24.7 Å². The maximum atomic E-state index is 12.6. The Bertz CT molecular complexity index is 1000. The van der Waals surface area contributed by atoms with Gasteiger partial charge in [0.05, 0.1) is 10.6 Å². The first kappa shape index (κ1) is 20.0. The van der Waals surface area contributed by atoms with E-state index in [9.17, 15) is 13.2 Å². The summed E-state index contributed by atoms with van der Waals surface area (Å²) in [5, 5.41) is 3.12. The second-order valence-corrected chi connectivity index (χ2v) is 10.2. The Morgan fingerprint density at radius 1 is 1.03 bits per heavy atom. The highest BCUT2D eigenvalue weighted by Gasteiger charge is 2.42. The summed E-state index contributed by atoms with van der Waals surface area (Å²) >= 11 is 0. The zero-order valence-electron chi connectivity index (χ0n) is 16.9. The van der Waals surface area contributed by atoms with Crippen molar-refractivity contribution in [2.45, 2.75) is 50.5 Å². The predicted octanol–water partition coefficient (Wildman–Crippen LogP) is 4.35. The third-order valence-corrected chi connectivity index (χ3v) is 7.99. The van der Waals surface area contributed by atoms with Crippen LogP contribution < -0.4 is 10.0 Å². The van der Waals surface area contributed by atoms with Crippen molar-refractivity contribution < 1.29 is 13.2 Å². The molecule has 2 aromatic carbocycles. The second kappa shape index (κ2) is 7.82. The van der Waals surface area contributed by atoms with Gasteiger partial charge in [-0.05, 0) is 86.8 Å². The highest BCUT2D eigenvalue weighted by Crippen LogP contribution is 2.49. The fourth-order valence-corrected chi connectivity index (χ4v) is 6.11. The molecule has 2 aromatic rings. The number of nitrogens with one attached hydrogen (secondary N) is 2. The van der Waals surface area contributed by atoms with Crippen LogP contribution in [0.1, 0.15) is 48.5 Å². The molecule has 2 fully saturated rings. The fraction of sp³-hybridized carbons (Fsp3) is 0.435. The van der Waals surface area contributed by atoms with Crippen molar-refractivity contribution in [3.05, 3.63) is 59.7 Å². The number of amides is 1. The molecule has 2 saturated carbocycles. The predicted molar refractivity (Wildman–Crippen MR) is 114 cm³/mol. The van der Waals surface area contributed by atoms with E-state index in [1.165, 1.54) is 37.8 Å². The first-order chi connectivity index (χ1) is 13.8. The molecule has 1 amide bonds. The monoisotopic (exact) mass is 412 g/mol. The number of benzene rings is 2. The summed E-state index contributed by atoms with van der Waals surface area (Å²) < 4.78 is 27.9. The minimum absolute atomic E-state index is 0.137. The van der Waals surface area contributed by atoms with E-state index >= 15 is 0 Å². The summed E-state index contributed by atoms with van der Waals surface area (Å²) in [7, 11) is -3.70. The van der Waals surface area contributed by atoms with E-state index in [1.807, 2.05) is 19.1 Å². The number of anilines is 1. The average molecular weight is 413 g/mol. The minimum Gasteiger partial charge on any atom is -0.349 e. The Balaban J connectivity index is 1.41. The van der Waals surface area contributed by atoms with Gasteiger partial charge in [0.25, 0.3) is 15.9 Å². The lowest BCUT2D eigenvalue weighted by atomic mass is 9.84. The summed E-state index contributed by atoms with van der Waals surface area (Å²) in [6, 6.07) is 13.5. The minimum atomic E-state index is -3.70. The maximum absolute atomic E-state index is 12.6. The lowest BCUT2D eigenvalue weighted by molar-refractivity contribution is 0.0915. The van der Waals surface area contributed by atoms with Crippen LogP contribution >= 0.6 is 0 Å². The third kappa shape index (κ3) is 4.17. The molecule has 4 atom stereocenters. The molecule has 5 nitrogen and oxygen atoms in total. The van der Waals surface area contributed by atoms with Crippen LogP contribution in [0.15, 0.2) is 53.4 Å². The van der Waals surface area contributed by atoms with Gasteiger partial charge >= 0.3 is 0 Å². The Labute approximate surface area is 173 Å². The van der Waals surface area contributed by atoms with E-state index in [0.29, 0.717) is 17.2 Å². The number of rotatable bonds is 6. The van der Waals surface area contributed by atoms with Gasteiger partial charge in [0, 0.05) is 11.6 Å². The maximum Gasteiger partial charge on any atom is 0.261 e. The van der Waals surface area contributed by atoms with E-state index in [1.54, 1.807) is 24.3 Å². The van der Waals surface area contributed by atoms with E-state index in [2.05, 4.69) is 17.0 Å². The zero-order chi connectivity index (χ0) is 20.6. The summed E-state index contributed by atoms with van der Waals surface area (Å²) in [6.07, 6.45) is 5.16. The van der Waals surface area contributed by atoms with Gasteiger partial charge in [0.2, 0.25) is 0 Å². The second-order valence-electron chi connectivity index (χ2n) is 8.55. The van der Waals surface area contributed by atoms with Crippen LogP contribution in [0.3, 0.4) is 0 Å². The molecule has 154 valence electrons. The van der Waals surface area contributed by atoms with Crippen LogP contribution in [0.4, 0.5) is 5.69 Å². The SMILES string of the molecule is Cc1ccccc1NS(=O)(=O)c1ccc(C(=O)NC(C)C2CC3CCC2C3)cc1.